The summed E-state index contributed by atoms with van der Waals surface area (Å²) < 4.78 is 0. The lowest BCUT2D eigenvalue weighted by Crippen LogP contribution is -2.62. The molecule has 5 heteroatoms. The van der Waals surface area contributed by atoms with E-state index in [-0.39, 0.29) is 23.5 Å². The standard InChI is InChI=1S/C19H31N3O2/c1-2-5-20-17(23)16-4-3-6-22(16)18(24)21-19-10-13-7-14(11-19)9-15(8-13)12-19/h13-16H,2-12H2,1H3,(H,20,23)(H,21,24)/t13?,14?,15?,16-,19?/m0/s1. The van der Waals surface area contributed by atoms with Crippen LogP contribution in [0.25, 0.3) is 0 Å². The molecule has 134 valence electrons. The lowest BCUT2D eigenvalue weighted by Gasteiger charge is -2.57. The summed E-state index contributed by atoms with van der Waals surface area (Å²) in [4.78, 5) is 27.1. The summed E-state index contributed by atoms with van der Waals surface area (Å²) in [5.74, 6) is 2.48. The van der Waals surface area contributed by atoms with E-state index in [0.29, 0.717) is 13.1 Å². The summed E-state index contributed by atoms with van der Waals surface area (Å²) >= 11 is 0. The summed E-state index contributed by atoms with van der Waals surface area (Å²) in [5.41, 5.74) is 0.0267. The van der Waals surface area contributed by atoms with Gasteiger partial charge in [-0.3, -0.25) is 4.79 Å². The number of hydrogen-bond acceptors (Lipinski definition) is 2. The zero-order chi connectivity index (χ0) is 16.7. The molecule has 0 aromatic carbocycles. The van der Waals surface area contributed by atoms with Crippen molar-refractivity contribution in [2.75, 3.05) is 13.1 Å². The Labute approximate surface area is 144 Å². The van der Waals surface area contributed by atoms with E-state index in [4.69, 9.17) is 0 Å². The lowest BCUT2D eigenvalue weighted by molar-refractivity contribution is -0.124. The van der Waals surface area contributed by atoms with E-state index >= 15 is 0 Å². The maximum Gasteiger partial charge on any atom is 0.318 e. The molecule has 5 nitrogen and oxygen atoms in total. The molecule has 3 amide bonds. The molecule has 1 aliphatic heterocycles. The molecule has 0 unspecified atom stereocenters. The van der Waals surface area contributed by atoms with Crippen molar-refractivity contribution in [3.63, 3.8) is 0 Å². The molecule has 5 rings (SSSR count). The summed E-state index contributed by atoms with van der Waals surface area (Å²) in [6.45, 7) is 3.45. The van der Waals surface area contributed by atoms with Gasteiger partial charge in [-0.25, -0.2) is 4.79 Å². The molecule has 2 N–H and O–H groups in total. The van der Waals surface area contributed by atoms with Crippen LogP contribution in [0.1, 0.15) is 64.7 Å². The van der Waals surface area contributed by atoms with Gasteiger partial charge in [-0.05, 0) is 75.5 Å². The Morgan fingerprint density at radius 3 is 2.29 bits per heavy atom. The number of nitrogens with one attached hydrogen (secondary N) is 2. The monoisotopic (exact) mass is 333 g/mol. The number of hydrogen-bond donors (Lipinski definition) is 2. The Hall–Kier alpha value is -1.26. The van der Waals surface area contributed by atoms with Gasteiger partial charge in [-0.15, -0.1) is 0 Å². The van der Waals surface area contributed by atoms with Crippen LogP contribution in [0.2, 0.25) is 0 Å². The van der Waals surface area contributed by atoms with Gasteiger partial charge in [-0.1, -0.05) is 6.92 Å². The van der Waals surface area contributed by atoms with Crippen molar-refractivity contribution in [3.05, 3.63) is 0 Å². The van der Waals surface area contributed by atoms with E-state index < -0.39 is 0 Å². The molecule has 4 saturated carbocycles. The van der Waals surface area contributed by atoms with Crippen molar-refractivity contribution < 1.29 is 9.59 Å². The van der Waals surface area contributed by atoms with E-state index in [9.17, 15) is 9.59 Å². The van der Waals surface area contributed by atoms with Crippen molar-refractivity contribution in [3.8, 4) is 0 Å². The second kappa shape index (κ2) is 6.23. The summed E-state index contributed by atoms with van der Waals surface area (Å²) in [5, 5.41) is 6.37. The van der Waals surface area contributed by atoms with Crippen LogP contribution in [0.15, 0.2) is 0 Å². The van der Waals surface area contributed by atoms with Crippen LogP contribution in [-0.4, -0.2) is 41.5 Å². The second-order valence-corrected chi connectivity index (χ2v) is 8.77. The molecule has 1 atom stereocenters. The molecule has 0 radical (unpaired) electrons. The highest BCUT2D eigenvalue weighted by Gasteiger charge is 2.52. The van der Waals surface area contributed by atoms with Crippen LogP contribution in [0.3, 0.4) is 0 Å². The third kappa shape index (κ3) is 2.91. The van der Waals surface area contributed by atoms with Crippen LogP contribution in [-0.2, 0) is 4.79 Å². The Bertz CT molecular complexity index is 483. The van der Waals surface area contributed by atoms with Crippen molar-refractivity contribution in [1.29, 1.82) is 0 Å². The number of amides is 3. The normalized spacial score (nSPS) is 40.0. The average molecular weight is 333 g/mol. The Balaban J connectivity index is 1.41. The average Bonchev–Trinajstić information content (AvgIpc) is 3.00. The maximum absolute atomic E-state index is 13.0. The zero-order valence-electron chi connectivity index (χ0n) is 14.9. The molecule has 4 bridgehead atoms. The van der Waals surface area contributed by atoms with Crippen molar-refractivity contribution in [2.45, 2.75) is 76.3 Å². The Kier molecular flexibility index (Phi) is 4.21. The molecule has 1 heterocycles. The summed E-state index contributed by atoms with van der Waals surface area (Å²) in [6, 6.07) is -0.267. The van der Waals surface area contributed by atoms with E-state index in [0.717, 1.165) is 56.3 Å². The topological polar surface area (TPSA) is 61.4 Å². The van der Waals surface area contributed by atoms with Gasteiger partial charge in [0.25, 0.3) is 0 Å². The molecule has 4 aliphatic carbocycles. The Morgan fingerprint density at radius 1 is 1.08 bits per heavy atom. The second-order valence-electron chi connectivity index (χ2n) is 8.77. The summed E-state index contributed by atoms with van der Waals surface area (Å²) in [7, 11) is 0. The van der Waals surface area contributed by atoms with Crippen molar-refractivity contribution in [2.24, 2.45) is 17.8 Å². The SMILES string of the molecule is CCCNC(=O)[C@@H]1CCCN1C(=O)NC12CC3CC(CC(C3)C1)C2. The van der Waals surface area contributed by atoms with Gasteiger partial charge in [0, 0.05) is 18.6 Å². The van der Waals surface area contributed by atoms with Crippen LogP contribution in [0, 0.1) is 17.8 Å². The van der Waals surface area contributed by atoms with E-state index in [1.807, 2.05) is 6.92 Å². The number of rotatable bonds is 4. The molecular formula is C19H31N3O2. The highest BCUT2D eigenvalue weighted by Crippen LogP contribution is 2.55. The van der Waals surface area contributed by atoms with Crippen molar-refractivity contribution >= 4 is 11.9 Å². The minimum absolute atomic E-state index is 0.00565. The van der Waals surface area contributed by atoms with Crippen molar-refractivity contribution in [1.82, 2.24) is 15.5 Å². The number of urea groups is 1. The van der Waals surface area contributed by atoms with E-state index in [1.54, 1.807) is 4.90 Å². The van der Waals surface area contributed by atoms with E-state index in [2.05, 4.69) is 10.6 Å². The van der Waals surface area contributed by atoms with Gasteiger partial charge in [0.2, 0.25) is 5.91 Å². The molecule has 0 aromatic rings. The maximum atomic E-state index is 13.0. The lowest BCUT2D eigenvalue weighted by atomic mass is 9.53. The first kappa shape index (κ1) is 16.2. The molecule has 5 fully saturated rings. The fourth-order valence-electron chi connectivity index (χ4n) is 6.21. The predicted molar refractivity (Wildman–Crippen MR) is 92.5 cm³/mol. The van der Waals surface area contributed by atoms with Gasteiger partial charge in [-0.2, -0.15) is 0 Å². The first-order valence-corrected chi connectivity index (χ1v) is 9.95. The zero-order valence-corrected chi connectivity index (χ0v) is 14.9. The van der Waals surface area contributed by atoms with Crippen LogP contribution in [0.5, 0.6) is 0 Å². The fourth-order valence-corrected chi connectivity index (χ4v) is 6.21. The highest BCUT2D eigenvalue weighted by molar-refractivity contribution is 5.87. The van der Waals surface area contributed by atoms with E-state index in [1.165, 1.54) is 19.3 Å². The van der Waals surface area contributed by atoms with Gasteiger partial charge in [0.1, 0.15) is 6.04 Å². The first-order valence-electron chi connectivity index (χ1n) is 9.95. The van der Waals surface area contributed by atoms with Gasteiger partial charge in [0.05, 0.1) is 0 Å². The number of nitrogens with zero attached hydrogens (tertiary/aromatic N) is 1. The van der Waals surface area contributed by atoms with Gasteiger partial charge in [0.15, 0.2) is 0 Å². The third-order valence-electron chi connectivity index (χ3n) is 6.78. The quantitative estimate of drug-likeness (QED) is 0.831. The smallest absolute Gasteiger partial charge is 0.318 e. The third-order valence-corrected chi connectivity index (χ3v) is 6.78. The molecule has 0 aromatic heterocycles. The van der Waals surface area contributed by atoms with Crippen LogP contribution >= 0.6 is 0 Å². The molecule has 5 aliphatic rings. The molecule has 0 spiro atoms. The molecule has 1 saturated heterocycles. The summed E-state index contributed by atoms with van der Waals surface area (Å²) in [6.07, 6.45) is 10.3. The van der Waals surface area contributed by atoms with Crippen LogP contribution in [0.4, 0.5) is 4.79 Å². The molecular weight excluding hydrogens is 302 g/mol. The predicted octanol–water partition coefficient (Wildman–Crippen LogP) is 2.66. The number of likely N-dealkylation sites (tertiary alicyclic amines) is 1. The first-order chi connectivity index (χ1) is 11.6. The van der Waals surface area contributed by atoms with Crippen LogP contribution < -0.4 is 10.6 Å². The largest absolute Gasteiger partial charge is 0.354 e. The molecule has 24 heavy (non-hydrogen) atoms. The Morgan fingerprint density at radius 2 is 1.71 bits per heavy atom. The minimum atomic E-state index is -0.273. The van der Waals surface area contributed by atoms with Gasteiger partial charge < -0.3 is 15.5 Å². The minimum Gasteiger partial charge on any atom is -0.354 e. The number of carbonyl (C=O) groups excluding carboxylic acids is 2. The fraction of sp³-hybridized carbons (Fsp3) is 0.895. The van der Waals surface area contributed by atoms with Gasteiger partial charge >= 0.3 is 6.03 Å². The highest BCUT2D eigenvalue weighted by atomic mass is 16.2. The number of carbonyl (C=O) groups is 2.